The van der Waals surface area contributed by atoms with Crippen LogP contribution in [-0.2, 0) is 11.3 Å². The Morgan fingerprint density at radius 2 is 2.07 bits per heavy atom. The minimum Gasteiger partial charge on any atom is -0.478 e. The number of amides is 1. The van der Waals surface area contributed by atoms with Crippen LogP contribution in [0, 0.1) is 0 Å². The third-order valence-electron chi connectivity index (χ3n) is 2.32. The molecule has 0 spiro atoms. The molecule has 1 aromatic carbocycles. The average Bonchev–Trinajstić information content (AvgIpc) is 2.25. The lowest BCUT2D eigenvalue weighted by atomic mass is 10.1. The van der Waals surface area contributed by atoms with Crippen molar-refractivity contribution in [1.82, 2.24) is 5.32 Å². The molecule has 1 aromatic rings. The zero-order valence-corrected chi connectivity index (χ0v) is 8.33. The number of benzene rings is 1. The van der Waals surface area contributed by atoms with Gasteiger partial charge in [-0.25, -0.2) is 0 Å². The number of hydrogen-bond acceptors (Lipinski definition) is 2. The Morgan fingerprint density at radius 1 is 1.36 bits per heavy atom. The van der Waals surface area contributed by atoms with Gasteiger partial charge in [-0.05, 0) is 19.9 Å². The summed E-state index contributed by atoms with van der Waals surface area (Å²) in [6.07, 6.45) is 0. The maximum atomic E-state index is 11.6. The monoisotopic (exact) mass is 191 g/mol. The van der Waals surface area contributed by atoms with Crippen molar-refractivity contribution >= 4 is 5.91 Å². The number of para-hydroxylation sites is 1. The molecule has 14 heavy (non-hydrogen) atoms. The van der Waals surface area contributed by atoms with Crippen molar-refractivity contribution in [3.05, 3.63) is 29.8 Å². The van der Waals surface area contributed by atoms with Crippen LogP contribution >= 0.6 is 0 Å². The Hall–Kier alpha value is -1.51. The molecule has 1 aliphatic heterocycles. The van der Waals surface area contributed by atoms with Gasteiger partial charge in [0.1, 0.15) is 5.75 Å². The lowest BCUT2D eigenvalue weighted by Crippen LogP contribution is -2.44. The zero-order valence-electron chi connectivity index (χ0n) is 8.33. The Kier molecular flexibility index (Phi) is 1.95. The first-order chi connectivity index (χ1) is 6.59. The van der Waals surface area contributed by atoms with Crippen molar-refractivity contribution in [2.24, 2.45) is 0 Å². The van der Waals surface area contributed by atoms with E-state index in [9.17, 15) is 4.79 Å². The van der Waals surface area contributed by atoms with E-state index in [0.717, 1.165) is 11.3 Å². The summed E-state index contributed by atoms with van der Waals surface area (Å²) in [7, 11) is 0. The number of ether oxygens (including phenoxy) is 1. The summed E-state index contributed by atoms with van der Waals surface area (Å²) in [5.74, 6) is 0.713. The maximum absolute atomic E-state index is 11.6. The second-order valence-electron chi connectivity index (χ2n) is 3.90. The molecule has 1 amide bonds. The van der Waals surface area contributed by atoms with Crippen LogP contribution in [0.15, 0.2) is 24.3 Å². The molecule has 0 fully saturated rings. The highest BCUT2D eigenvalue weighted by Gasteiger charge is 2.32. The minimum atomic E-state index is -0.785. The van der Waals surface area contributed by atoms with Crippen LogP contribution in [0.4, 0.5) is 0 Å². The summed E-state index contributed by atoms with van der Waals surface area (Å²) < 4.78 is 5.64. The van der Waals surface area contributed by atoms with Crippen molar-refractivity contribution in [3.8, 4) is 5.75 Å². The fourth-order valence-corrected chi connectivity index (χ4v) is 1.46. The van der Waals surface area contributed by atoms with Gasteiger partial charge in [-0.3, -0.25) is 4.79 Å². The Morgan fingerprint density at radius 3 is 2.86 bits per heavy atom. The quantitative estimate of drug-likeness (QED) is 0.674. The van der Waals surface area contributed by atoms with Gasteiger partial charge in [0.2, 0.25) is 0 Å². The van der Waals surface area contributed by atoms with E-state index in [1.54, 1.807) is 13.8 Å². The van der Waals surface area contributed by atoms with E-state index in [0.29, 0.717) is 6.54 Å². The third kappa shape index (κ3) is 1.45. The van der Waals surface area contributed by atoms with Crippen molar-refractivity contribution < 1.29 is 9.53 Å². The van der Waals surface area contributed by atoms with Crippen LogP contribution in [0.3, 0.4) is 0 Å². The molecule has 3 heteroatoms. The number of carbonyl (C=O) groups excluding carboxylic acids is 1. The standard InChI is InChI=1S/C11H13NO2/c1-11(2)10(13)12-7-8-5-3-4-6-9(8)14-11/h3-6H,7H2,1-2H3,(H,12,13). The van der Waals surface area contributed by atoms with E-state index in [1.165, 1.54) is 0 Å². The molecule has 1 N–H and O–H groups in total. The molecule has 0 saturated heterocycles. The van der Waals surface area contributed by atoms with E-state index in [4.69, 9.17) is 4.74 Å². The van der Waals surface area contributed by atoms with Crippen molar-refractivity contribution in [2.45, 2.75) is 26.0 Å². The van der Waals surface area contributed by atoms with Gasteiger partial charge in [0.05, 0.1) is 0 Å². The molecule has 1 heterocycles. The Bertz CT molecular complexity index is 371. The highest BCUT2D eigenvalue weighted by atomic mass is 16.5. The molecule has 0 aromatic heterocycles. The first-order valence-corrected chi connectivity index (χ1v) is 4.65. The normalized spacial score (nSPS) is 18.9. The summed E-state index contributed by atoms with van der Waals surface area (Å²) >= 11 is 0. The summed E-state index contributed by atoms with van der Waals surface area (Å²) in [4.78, 5) is 11.6. The molecule has 0 unspecified atom stereocenters. The molecule has 74 valence electrons. The second kappa shape index (κ2) is 3.01. The van der Waals surface area contributed by atoms with Crippen LogP contribution in [0.1, 0.15) is 19.4 Å². The molecule has 3 nitrogen and oxygen atoms in total. The SMILES string of the molecule is CC1(C)Oc2ccccc2CNC1=O. The summed E-state index contributed by atoms with van der Waals surface area (Å²) in [5.41, 5.74) is 0.235. The van der Waals surface area contributed by atoms with E-state index in [2.05, 4.69) is 5.32 Å². The lowest BCUT2D eigenvalue weighted by molar-refractivity contribution is -0.133. The van der Waals surface area contributed by atoms with Crippen LogP contribution in [-0.4, -0.2) is 11.5 Å². The Labute approximate surface area is 83.1 Å². The van der Waals surface area contributed by atoms with Crippen molar-refractivity contribution in [3.63, 3.8) is 0 Å². The van der Waals surface area contributed by atoms with Crippen LogP contribution in [0.5, 0.6) is 5.75 Å². The summed E-state index contributed by atoms with van der Waals surface area (Å²) in [6.45, 7) is 4.08. The van der Waals surface area contributed by atoms with Crippen LogP contribution in [0.2, 0.25) is 0 Å². The number of nitrogens with one attached hydrogen (secondary N) is 1. The van der Waals surface area contributed by atoms with E-state index in [-0.39, 0.29) is 5.91 Å². The van der Waals surface area contributed by atoms with Crippen molar-refractivity contribution in [1.29, 1.82) is 0 Å². The van der Waals surface area contributed by atoms with Crippen LogP contribution in [0.25, 0.3) is 0 Å². The molecule has 0 radical (unpaired) electrons. The zero-order chi connectivity index (χ0) is 10.2. The van der Waals surface area contributed by atoms with E-state index in [1.807, 2.05) is 24.3 Å². The summed E-state index contributed by atoms with van der Waals surface area (Å²) in [6, 6.07) is 7.69. The summed E-state index contributed by atoms with van der Waals surface area (Å²) in [5, 5.41) is 2.83. The van der Waals surface area contributed by atoms with Gasteiger partial charge < -0.3 is 10.1 Å². The number of fused-ring (bicyclic) bond motifs is 1. The van der Waals surface area contributed by atoms with E-state index < -0.39 is 5.60 Å². The highest BCUT2D eigenvalue weighted by Crippen LogP contribution is 2.25. The number of hydrogen-bond donors (Lipinski definition) is 1. The lowest BCUT2D eigenvalue weighted by Gasteiger charge is -2.22. The predicted molar refractivity (Wildman–Crippen MR) is 53.0 cm³/mol. The van der Waals surface area contributed by atoms with Gasteiger partial charge >= 0.3 is 0 Å². The van der Waals surface area contributed by atoms with Gasteiger partial charge in [0.25, 0.3) is 5.91 Å². The fourth-order valence-electron chi connectivity index (χ4n) is 1.46. The van der Waals surface area contributed by atoms with Gasteiger partial charge in [0.15, 0.2) is 5.60 Å². The van der Waals surface area contributed by atoms with Gasteiger partial charge in [-0.15, -0.1) is 0 Å². The Balaban J connectivity index is 2.41. The van der Waals surface area contributed by atoms with E-state index >= 15 is 0 Å². The molecular formula is C11H13NO2. The molecule has 0 atom stereocenters. The molecule has 0 aliphatic carbocycles. The topological polar surface area (TPSA) is 38.3 Å². The molecule has 0 saturated carbocycles. The maximum Gasteiger partial charge on any atom is 0.263 e. The largest absolute Gasteiger partial charge is 0.478 e. The molecule has 2 rings (SSSR count). The molecule has 0 bridgehead atoms. The first-order valence-electron chi connectivity index (χ1n) is 4.65. The van der Waals surface area contributed by atoms with Gasteiger partial charge in [0, 0.05) is 12.1 Å². The third-order valence-corrected chi connectivity index (χ3v) is 2.32. The number of carbonyl (C=O) groups is 1. The van der Waals surface area contributed by atoms with Gasteiger partial charge in [-0.1, -0.05) is 18.2 Å². The first kappa shape index (κ1) is 9.06. The fraction of sp³-hybridized carbons (Fsp3) is 0.364. The minimum absolute atomic E-state index is 0.0753. The van der Waals surface area contributed by atoms with Crippen molar-refractivity contribution in [2.75, 3.05) is 0 Å². The smallest absolute Gasteiger partial charge is 0.263 e. The van der Waals surface area contributed by atoms with Gasteiger partial charge in [-0.2, -0.15) is 0 Å². The highest BCUT2D eigenvalue weighted by molar-refractivity contribution is 5.85. The predicted octanol–water partition coefficient (Wildman–Crippen LogP) is 1.47. The number of rotatable bonds is 0. The molecule has 1 aliphatic rings. The second-order valence-corrected chi connectivity index (χ2v) is 3.90. The molecular weight excluding hydrogens is 178 g/mol. The average molecular weight is 191 g/mol. The van der Waals surface area contributed by atoms with Crippen LogP contribution < -0.4 is 10.1 Å².